The number of fused-ring (bicyclic) bond motifs is 2. The van der Waals surface area contributed by atoms with Crippen LogP contribution < -0.4 is 5.73 Å². The molecule has 174 valence electrons. The van der Waals surface area contributed by atoms with Crippen LogP contribution in [0, 0.1) is 10.1 Å². The van der Waals surface area contributed by atoms with Gasteiger partial charge in [-0.1, -0.05) is 0 Å². The maximum absolute atomic E-state index is 11.9. The molecule has 0 amide bonds. The number of aromatic nitrogens is 4. The van der Waals surface area contributed by atoms with Gasteiger partial charge in [-0.3, -0.25) is 23.7 Å². The number of hydrogen-bond donors (Lipinski definition) is 2. The van der Waals surface area contributed by atoms with Gasteiger partial charge in [0.2, 0.25) is 0 Å². The third-order valence-corrected chi connectivity index (χ3v) is 7.03. The van der Waals surface area contributed by atoms with Gasteiger partial charge < -0.3 is 20.1 Å². The summed E-state index contributed by atoms with van der Waals surface area (Å²) in [6, 6.07) is 5.93. The summed E-state index contributed by atoms with van der Waals surface area (Å²) in [5.41, 5.74) is 6.75. The molecule has 3 N–H and O–H groups in total. The molecule has 2 saturated heterocycles. The molecule has 0 saturated carbocycles. The Morgan fingerprint density at radius 2 is 2.12 bits per heavy atom. The van der Waals surface area contributed by atoms with Gasteiger partial charge in [-0.25, -0.2) is 19.5 Å². The zero-order valence-electron chi connectivity index (χ0n) is 16.9. The second kappa shape index (κ2) is 8.29. The molecule has 2 fully saturated rings. The highest BCUT2D eigenvalue weighted by atomic mass is 32.2. The van der Waals surface area contributed by atoms with Crippen LogP contribution in [0.2, 0.25) is 0 Å². The number of nitrogens with two attached hydrogens (primary N) is 1. The minimum atomic E-state index is -4.20. The lowest BCUT2D eigenvalue weighted by atomic mass is 10.1. The second-order valence-electron chi connectivity index (χ2n) is 7.17. The molecule has 14 nitrogen and oxygen atoms in total. The minimum absolute atomic E-state index is 0.0302. The lowest BCUT2D eigenvalue weighted by Gasteiger charge is -2.29. The zero-order chi connectivity index (χ0) is 23.3. The van der Waals surface area contributed by atoms with E-state index >= 15 is 0 Å². The van der Waals surface area contributed by atoms with Crippen LogP contribution in [-0.4, -0.2) is 61.4 Å². The van der Waals surface area contributed by atoms with Gasteiger partial charge in [-0.15, -0.1) is 0 Å². The number of nitrogen functional groups attached to an aromatic ring is 1. The minimum Gasteiger partial charge on any atom is -0.382 e. The van der Waals surface area contributed by atoms with Crippen molar-refractivity contribution in [1.82, 2.24) is 19.5 Å². The third kappa shape index (κ3) is 4.08. The quantitative estimate of drug-likeness (QED) is 0.226. The normalized spacial score (nSPS) is 29.3. The Bertz CT molecular complexity index is 1270. The summed E-state index contributed by atoms with van der Waals surface area (Å²) in [5.74, 6) is 0.131. The van der Waals surface area contributed by atoms with Gasteiger partial charge in [0.25, 0.3) is 5.69 Å². The van der Waals surface area contributed by atoms with E-state index in [1.165, 1.54) is 37.3 Å². The highest BCUT2D eigenvalue weighted by molar-refractivity contribution is 7.99. The number of phosphoric acid groups is 1. The van der Waals surface area contributed by atoms with E-state index < -0.39 is 37.3 Å². The highest BCUT2D eigenvalue weighted by Crippen LogP contribution is 2.53. The predicted octanol–water partition coefficient (Wildman–Crippen LogP) is 1.90. The summed E-state index contributed by atoms with van der Waals surface area (Å²) in [7, 11) is -2.77. The van der Waals surface area contributed by atoms with Gasteiger partial charge in [0.15, 0.2) is 22.8 Å². The molecule has 2 aliphatic rings. The number of imidazole rings is 1. The average Bonchev–Trinajstić information content (AvgIpc) is 3.34. The van der Waals surface area contributed by atoms with Gasteiger partial charge in [-0.05, 0) is 23.9 Å². The number of methoxy groups -OCH3 is 1. The maximum Gasteiger partial charge on any atom is 0.472 e. The Morgan fingerprint density at radius 3 is 2.82 bits per heavy atom. The van der Waals surface area contributed by atoms with Crippen molar-refractivity contribution in [3.8, 4) is 0 Å². The van der Waals surface area contributed by atoms with Crippen LogP contribution in [0.1, 0.15) is 6.23 Å². The Hall–Kier alpha value is -2.65. The molecule has 1 aromatic carbocycles. The molecule has 3 aromatic rings. The van der Waals surface area contributed by atoms with Crippen LogP contribution in [-0.2, 0) is 23.1 Å². The SMILES string of the molecule is COC1C2OP(=O)(O)OCC2OC1n1cnc2c(N)nc(Sc3ccc([N+](=O)[O-])cc3)nc21. The van der Waals surface area contributed by atoms with E-state index in [-0.39, 0.29) is 18.1 Å². The van der Waals surface area contributed by atoms with Crippen molar-refractivity contribution in [2.45, 2.75) is 34.6 Å². The highest BCUT2D eigenvalue weighted by Gasteiger charge is 2.53. The van der Waals surface area contributed by atoms with Gasteiger partial charge >= 0.3 is 7.82 Å². The van der Waals surface area contributed by atoms with Crippen LogP contribution in [0.25, 0.3) is 11.2 Å². The Kier molecular flexibility index (Phi) is 5.56. The van der Waals surface area contributed by atoms with E-state index in [0.717, 1.165) is 0 Å². The number of non-ortho nitro benzene ring substituents is 1. The van der Waals surface area contributed by atoms with Crippen molar-refractivity contribution in [2.75, 3.05) is 19.5 Å². The molecule has 5 atom stereocenters. The lowest BCUT2D eigenvalue weighted by Crippen LogP contribution is -2.40. The first kappa shape index (κ1) is 22.2. The Labute approximate surface area is 189 Å². The van der Waals surface area contributed by atoms with Crippen molar-refractivity contribution >= 4 is 42.3 Å². The van der Waals surface area contributed by atoms with E-state index in [9.17, 15) is 19.6 Å². The predicted molar refractivity (Wildman–Crippen MR) is 112 cm³/mol. The molecule has 0 aliphatic carbocycles. The van der Waals surface area contributed by atoms with Crippen LogP contribution in [0.15, 0.2) is 40.6 Å². The number of anilines is 1. The largest absolute Gasteiger partial charge is 0.472 e. The first-order valence-electron chi connectivity index (χ1n) is 9.52. The summed E-state index contributed by atoms with van der Waals surface area (Å²) in [4.78, 5) is 33.8. The van der Waals surface area contributed by atoms with Gasteiger partial charge in [0.05, 0.1) is 17.9 Å². The standard InChI is InChI=1S/C17H17N6O8PS/c1-28-13-12-10(6-29-32(26,27)31-12)30-16(13)22-7-19-11-14(18)20-17(21-15(11)22)33-9-4-2-8(3-5-9)23(24)25/h2-5,7,10,12-13,16H,6H2,1H3,(H,26,27)(H2,18,20,21). The van der Waals surface area contributed by atoms with Gasteiger partial charge in [0, 0.05) is 24.1 Å². The summed E-state index contributed by atoms with van der Waals surface area (Å²) >= 11 is 1.17. The van der Waals surface area contributed by atoms with Crippen LogP contribution in [0.3, 0.4) is 0 Å². The fourth-order valence-corrected chi connectivity index (χ4v) is 5.41. The second-order valence-corrected chi connectivity index (χ2v) is 9.62. The Balaban J connectivity index is 1.47. The molecule has 33 heavy (non-hydrogen) atoms. The van der Waals surface area contributed by atoms with Crippen LogP contribution in [0.5, 0.6) is 0 Å². The number of rotatable bonds is 5. The zero-order valence-corrected chi connectivity index (χ0v) is 18.6. The van der Waals surface area contributed by atoms with Gasteiger partial charge in [0.1, 0.15) is 23.8 Å². The van der Waals surface area contributed by atoms with E-state index in [1.807, 2.05) is 0 Å². The van der Waals surface area contributed by atoms with Crippen molar-refractivity contribution < 1.29 is 32.9 Å². The number of hydrogen-bond acceptors (Lipinski definition) is 12. The number of nitro benzene ring substituents is 1. The van der Waals surface area contributed by atoms with E-state index in [2.05, 4.69) is 15.0 Å². The van der Waals surface area contributed by atoms with E-state index in [0.29, 0.717) is 21.2 Å². The molecule has 16 heteroatoms. The summed E-state index contributed by atoms with van der Waals surface area (Å²) in [6.45, 7) is -0.139. The Morgan fingerprint density at radius 1 is 1.36 bits per heavy atom. The van der Waals surface area contributed by atoms with E-state index in [4.69, 9.17) is 24.3 Å². The molecule has 2 aliphatic heterocycles. The summed E-state index contributed by atoms with van der Waals surface area (Å²) in [5, 5.41) is 11.1. The number of ether oxygens (including phenoxy) is 2. The van der Waals surface area contributed by atoms with Crippen molar-refractivity contribution in [1.29, 1.82) is 0 Å². The van der Waals surface area contributed by atoms with Crippen molar-refractivity contribution in [3.05, 3.63) is 40.7 Å². The molecule has 0 bridgehead atoms. The van der Waals surface area contributed by atoms with Crippen molar-refractivity contribution in [3.63, 3.8) is 0 Å². The van der Waals surface area contributed by atoms with Crippen LogP contribution in [0.4, 0.5) is 11.5 Å². The summed E-state index contributed by atoms with van der Waals surface area (Å²) in [6.07, 6.45) is -1.56. The third-order valence-electron chi connectivity index (χ3n) is 5.17. The van der Waals surface area contributed by atoms with E-state index in [1.54, 1.807) is 16.7 Å². The molecule has 0 radical (unpaired) electrons. The smallest absolute Gasteiger partial charge is 0.382 e. The number of benzene rings is 1. The first-order valence-corrected chi connectivity index (χ1v) is 11.8. The number of nitrogens with zero attached hydrogens (tertiary/aromatic N) is 5. The monoisotopic (exact) mass is 496 g/mol. The molecule has 5 unspecified atom stereocenters. The molecule has 2 aromatic heterocycles. The van der Waals surface area contributed by atoms with Crippen LogP contribution >= 0.6 is 19.6 Å². The summed E-state index contributed by atoms with van der Waals surface area (Å²) < 4.78 is 35.0. The number of phosphoric ester groups is 1. The average molecular weight is 496 g/mol. The number of nitro groups is 1. The van der Waals surface area contributed by atoms with Crippen molar-refractivity contribution in [2.24, 2.45) is 0 Å². The van der Waals surface area contributed by atoms with Gasteiger partial charge in [-0.2, -0.15) is 0 Å². The molecule has 4 heterocycles. The first-order chi connectivity index (χ1) is 15.8. The fraction of sp³-hybridized carbons (Fsp3) is 0.353. The molecule has 5 rings (SSSR count). The lowest BCUT2D eigenvalue weighted by molar-refractivity contribution is -0.384. The maximum atomic E-state index is 11.9. The molecular weight excluding hydrogens is 479 g/mol. The molecule has 0 spiro atoms. The molecular formula is C17H17N6O8PS. The topological polar surface area (TPSA) is 187 Å². The fourth-order valence-electron chi connectivity index (χ4n) is 3.69.